The van der Waals surface area contributed by atoms with Gasteiger partial charge in [0.25, 0.3) is 0 Å². The standard InChI is InChI=1S/C19H32N2O2.ClH/c1-6-11-23-18-10-8-7-9-16(18)17(12-13(2)3)21-19(22)14(4)15(5)20;/h7-10,13-15,17H,6,11-12,20H2,1-5H3,(H,21,22);1H. The number of hydrogen-bond acceptors (Lipinski definition) is 3. The van der Waals surface area contributed by atoms with E-state index >= 15 is 0 Å². The number of para-hydroxylation sites is 1. The monoisotopic (exact) mass is 356 g/mol. The molecule has 0 aliphatic heterocycles. The predicted octanol–water partition coefficient (Wildman–Crippen LogP) is 4.08. The van der Waals surface area contributed by atoms with Gasteiger partial charge in [0, 0.05) is 17.5 Å². The van der Waals surface area contributed by atoms with Crippen molar-refractivity contribution < 1.29 is 9.53 Å². The number of hydrogen-bond donors (Lipinski definition) is 2. The van der Waals surface area contributed by atoms with Crippen LogP contribution in [0, 0.1) is 11.8 Å². The Labute approximate surface area is 152 Å². The van der Waals surface area contributed by atoms with Crippen molar-refractivity contribution in [2.24, 2.45) is 17.6 Å². The molecule has 3 unspecified atom stereocenters. The second-order valence-corrected chi connectivity index (χ2v) is 6.72. The highest BCUT2D eigenvalue weighted by molar-refractivity contribution is 5.85. The molecular weight excluding hydrogens is 324 g/mol. The summed E-state index contributed by atoms with van der Waals surface area (Å²) in [7, 11) is 0. The van der Waals surface area contributed by atoms with Crippen LogP contribution in [0.1, 0.15) is 59.1 Å². The van der Waals surface area contributed by atoms with Crippen LogP contribution in [-0.2, 0) is 4.79 Å². The summed E-state index contributed by atoms with van der Waals surface area (Å²) in [6, 6.07) is 7.74. The van der Waals surface area contributed by atoms with Gasteiger partial charge in [0.1, 0.15) is 5.75 Å². The summed E-state index contributed by atoms with van der Waals surface area (Å²) in [6.45, 7) is 10.8. The van der Waals surface area contributed by atoms with Gasteiger partial charge in [-0.1, -0.05) is 45.9 Å². The molecule has 0 aromatic heterocycles. The maximum Gasteiger partial charge on any atom is 0.224 e. The minimum absolute atomic E-state index is 0. The fourth-order valence-electron chi connectivity index (χ4n) is 2.39. The molecule has 4 nitrogen and oxygen atoms in total. The summed E-state index contributed by atoms with van der Waals surface area (Å²) in [5.41, 5.74) is 6.90. The fourth-order valence-corrected chi connectivity index (χ4v) is 2.39. The van der Waals surface area contributed by atoms with E-state index < -0.39 is 0 Å². The largest absolute Gasteiger partial charge is 0.493 e. The zero-order valence-electron chi connectivity index (χ0n) is 15.5. The van der Waals surface area contributed by atoms with Crippen LogP contribution < -0.4 is 15.8 Å². The molecule has 0 aliphatic carbocycles. The zero-order valence-corrected chi connectivity index (χ0v) is 16.4. The molecule has 0 bridgehead atoms. The topological polar surface area (TPSA) is 64.3 Å². The molecule has 5 heteroatoms. The first-order valence-corrected chi connectivity index (χ1v) is 8.64. The minimum Gasteiger partial charge on any atom is -0.493 e. The van der Waals surface area contributed by atoms with Gasteiger partial charge in [-0.3, -0.25) is 4.79 Å². The van der Waals surface area contributed by atoms with Crippen LogP contribution >= 0.6 is 12.4 Å². The van der Waals surface area contributed by atoms with E-state index in [-0.39, 0.29) is 36.3 Å². The lowest BCUT2D eigenvalue weighted by Gasteiger charge is -2.26. The average Bonchev–Trinajstić information content (AvgIpc) is 2.51. The molecule has 1 amide bonds. The summed E-state index contributed by atoms with van der Waals surface area (Å²) < 4.78 is 5.86. The molecule has 1 aromatic carbocycles. The Kier molecular flexibility index (Phi) is 10.7. The molecular formula is C19H33ClN2O2. The number of carbonyl (C=O) groups is 1. The lowest BCUT2D eigenvalue weighted by Crippen LogP contribution is -2.40. The highest BCUT2D eigenvalue weighted by atomic mass is 35.5. The number of nitrogens with one attached hydrogen (secondary N) is 1. The van der Waals surface area contributed by atoms with Crippen molar-refractivity contribution in [2.45, 2.75) is 59.5 Å². The fraction of sp³-hybridized carbons (Fsp3) is 0.632. The van der Waals surface area contributed by atoms with Crippen molar-refractivity contribution in [1.29, 1.82) is 0 Å². The van der Waals surface area contributed by atoms with E-state index in [2.05, 4.69) is 26.1 Å². The molecule has 0 saturated carbocycles. The molecule has 3 N–H and O–H groups in total. The Balaban J connectivity index is 0.00000529. The van der Waals surface area contributed by atoms with Crippen molar-refractivity contribution >= 4 is 18.3 Å². The van der Waals surface area contributed by atoms with E-state index in [1.807, 2.05) is 38.1 Å². The van der Waals surface area contributed by atoms with Crippen molar-refractivity contribution in [3.8, 4) is 5.75 Å². The number of rotatable bonds is 9. The van der Waals surface area contributed by atoms with E-state index in [9.17, 15) is 4.79 Å². The van der Waals surface area contributed by atoms with Gasteiger partial charge >= 0.3 is 0 Å². The third kappa shape index (κ3) is 7.10. The van der Waals surface area contributed by atoms with Gasteiger partial charge in [0.05, 0.1) is 12.6 Å². The molecule has 24 heavy (non-hydrogen) atoms. The molecule has 0 radical (unpaired) electrons. The smallest absolute Gasteiger partial charge is 0.224 e. The average molecular weight is 357 g/mol. The van der Waals surface area contributed by atoms with Gasteiger partial charge in [-0.15, -0.1) is 12.4 Å². The third-order valence-electron chi connectivity index (χ3n) is 3.98. The van der Waals surface area contributed by atoms with Crippen LogP contribution in [0.4, 0.5) is 0 Å². The van der Waals surface area contributed by atoms with Crippen LogP contribution in [0.3, 0.4) is 0 Å². The van der Waals surface area contributed by atoms with E-state index in [0.717, 1.165) is 24.2 Å². The number of halogens is 1. The Morgan fingerprint density at radius 1 is 1.21 bits per heavy atom. The normalized spacial score (nSPS) is 14.5. The summed E-state index contributed by atoms with van der Waals surface area (Å²) in [6.07, 6.45) is 1.82. The van der Waals surface area contributed by atoms with Crippen molar-refractivity contribution in [3.63, 3.8) is 0 Å². The SMILES string of the molecule is CCCOc1ccccc1C(CC(C)C)NC(=O)C(C)C(C)N.Cl. The summed E-state index contributed by atoms with van der Waals surface area (Å²) in [4.78, 5) is 12.4. The number of amides is 1. The van der Waals surface area contributed by atoms with Crippen LogP contribution in [-0.4, -0.2) is 18.6 Å². The van der Waals surface area contributed by atoms with E-state index in [0.29, 0.717) is 12.5 Å². The first-order chi connectivity index (χ1) is 10.9. The van der Waals surface area contributed by atoms with Crippen molar-refractivity contribution in [3.05, 3.63) is 29.8 Å². The maximum absolute atomic E-state index is 12.4. The Morgan fingerprint density at radius 2 is 1.83 bits per heavy atom. The molecule has 0 saturated heterocycles. The quantitative estimate of drug-likeness (QED) is 0.700. The lowest BCUT2D eigenvalue weighted by atomic mass is 9.94. The predicted molar refractivity (Wildman–Crippen MR) is 103 cm³/mol. The summed E-state index contributed by atoms with van der Waals surface area (Å²) in [5, 5.41) is 3.16. The van der Waals surface area contributed by atoms with Gasteiger partial charge < -0.3 is 15.8 Å². The molecule has 0 heterocycles. The van der Waals surface area contributed by atoms with Gasteiger partial charge in [-0.2, -0.15) is 0 Å². The van der Waals surface area contributed by atoms with Crippen LogP contribution in [0.15, 0.2) is 24.3 Å². The highest BCUT2D eigenvalue weighted by Gasteiger charge is 2.24. The van der Waals surface area contributed by atoms with Crippen molar-refractivity contribution in [1.82, 2.24) is 5.32 Å². The first kappa shape index (κ1) is 22.7. The first-order valence-electron chi connectivity index (χ1n) is 8.64. The van der Waals surface area contributed by atoms with Gasteiger partial charge in [0.2, 0.25) is 5.91 Å². The zero-order chi connectivity index (χ0) is 17.4. The molecule has 3 atom stereocenters. The summed E-state index contributed by atoms with van der Waals surface area (Å²) >= 11 is 0. The molecule has 1 aromatic rings. The molecule has 1 rings (SSSR count). The van der Waals surface area contributed by atoms with Gasteiger partial charge in [-0.05, 0) is 31.7 Å². The van der Waals surface area contributed by atoms with E-state index in [4.69, 9.17) is 10.5 Å². The maximum atomic E-state index is 12.4. The van der Waals surface area contributed by atoms with Crippen LogP contribution in [0.5, 0.6) is 5.75 Å². The molecule has 138 valence electrons. The Morgan fingerprint density at radius 3 is 2.38 bits per heavy atom. The van der Waals surface area contributed by atoms with Crippen LogP contribution in [0.25, 0.3) is 0 Å². The Bertz CT molecular complexity index is 492. The molecule has 0 aliphatic rings. The lowest BCUT2D eigenvalue weighted by molar-refractivity contribution is -0.125. The Hall–Kier alpha value is -1.26. The minimum atomic E-state index is -0.214. The van der Waals surface area contributed by atoms with E-state index in [1.165, 1.54) is 0 Å². The highest BCUT2D eigenvalue weighted by Crippen LogP contribution is 2.30. The molecule has 0 spiro atoms. The number of nitrogens with two attached hydrogens (primary N) is 1. The molecule has 0 fully saturated rings. The van der Waals surface area contributed by atoms with Crippen molar-refractivity contribution in [2.75, 3.05) is 6.61 Å². The summed E-state index contributed by atoms with van der Waals surface area (Å²) in [5.74, 6) is 1.10. The van der Waals surface area contributed by atoms with Gasteiger partial charge in [0.15, 0.2) is 0 Å². The van der Waals surface area contributed by atoms with Crippen LogP contribution in [0.2, 0.25) is 0 Å². The second kappa shape index (κ2) is 11.3. The second-order valence-electron chi connectivity index (χ2n) is 6.72. The number of benzene rings is 1. The number of carbonyl (C=O) groups excluding carboxylic acids is 1. The number of ether oxygens (including phenoxy) is 1. The third-order valence-corrected chi connectivity index (χ3v) is 3.98. The van der Waals surface area contributed by atoms with E-state index in [1.54, 1.807) is 0 Å². The van der Waals surface area contributed by atoms with Gasteiger partial charge in [-0.25, -0.2) is 0 Å².